The lowest BCUT2D eigenvalue weighted by atomic mass is 9.76. The van der Waals surface area contributed by atoms with Crippen molar-refractivity contribution in [1.29, 1.82) is 0 Å². The molecular formula is C11H20O. The van der Waals surface area contributed by atoms with Gasteiger partial charge in [-0.1, -0.05) is 6.92 Å². The highest BCUT2D eigenvalue weighted by molar-refractivity contribution is 4.88. The van der Waals surface area contributed by atoms with Crippen molar-refractivity contribution in [2.24, 2.45) is 5.92 Å². The molecule has 1 saturated carbocycles. The number of hydrogen-bond acceptors (Lipinski definition) is 1. The van der Waals surface area contributed by atoms with Crippen LogP contribution in [-0.4, -0.2) is 12.2 Å². The third kappa shape index (κ3) is 1.66. The molecule has 0 radical (unpaired) electrons. The van der Waals surface area contributed by atoms with E-state index < -0.39 is 0 Å². The van der Waals surface area contributed by atoms with E-state index in [-0.39, 0.29) is 0 Å². The zero-order chi connectivity index (χ0) is 8.44. The van der Waals surface area contributed by atoms with E-state index in [1.165, 1.54) is 44.9 Å². The van der Waals surface area contributed by atoms with Gasteiger partial charge in [-0.25, -0.2) is 0 Å². The van der Waals surface area contributed by atoms with Gasteiger partial charge in [0, 0.05) is 6.61 Å². The Labute approximate surface area is 75.5 Å². The fraction of sp³-hybridized carbons (Fsp3) is 1.00. The van der Waals surface area contributed by atoms with Gasteiger partial charge >= 0.3 is 0 Å². The van der Waals surface area contributed by atoms with Crippen LogP contribution in [0.15, 0.2) is 0 Å². The third-order valence-corrected chi connectivity index (χ3v) is 3.62. The Hall–Kier alpha value is -0.0400. The standard InChI is InChI=1S/C11H20O/c1-10-4-7-11(8-5-10)6-2-3-9-12-11/h10H,2-9H2,1H3. The molecule has 2 rings (SSSR count). The zero-order valence-electron chi connectivity index (χ0n) is 8.14. The van der Waals surface area contributed by atoms with Crippen molar-refractivity contribution in [2.45, 2.75) is 57.5 Å². The first-order valence-corrected chi connectivity index (χ1v) is 5.45. The molecule has 0 aromatic rings. The van der Waals surface area contributed by atoms with Crippen LogP contribution in [0, 0.1) is 5.92 Å². The molecule has 12 heavy (non-hydrogen) atoms. The lowest BCUT2D eigenvalue weighted by Crippen LogP contribution is -2.39. The molecule has 0 aromatic heterocycles. The van der Waals surface area contributed by atoms with Crippen molar-refractivity contribution in [3.63, 3.8) is 0 Å². The predicted molar refractivity (Wildman–Crippen MR) is 50.2 cm³/mol. The first kappa shape index (κ1) is 8.55. The molecule has 0 unspecified atom stereocenters. The molecule has 0 N–H and O–H groups in total. The smallest absolute Gasteiger partial charge is 0.0682 e. The van der Waals surface area contributed by atoms with E-state index in [0.717, 1.165) is 12.5 Å². The van der Waals surface area contributed by atoms with Gasteiger partial charge in [0.2, 0.25) is 0 Å². The van der Waals surface area contributed by atoms with Gasteiger partial charge in [-0.15, -0.1) is 0 Å². The summed E-state index contributed by atoms with van der Waals surface area (Å²) in [4.78, 5) is 0. The van der Waals surface area contributed by atoms with Crippen LogP contribution < -0.4 is 0 Å². The van der Waals surface area contributed by atoms with Crippen LogP contribution >= 0.6 is 0 Å². The molecule has 70 valence electrons. The van der Waals surface area contributed by atoms with Crippen molar-refractivity contribution < 1.29 is 4.74 Å². The Bertz CT molecular complexity index is 137. The van der Waals surface area contributed by atoms with Crippen molar-refractivity contribution in [3.05, 3.63) is 0 Å². The average Bonchev–Trinajstić information content (AvgIpc) is 2.13. The molecular weight excluding hydrogens is 148 g/mol. The fourth-order valence-corrected chi connectivity index (χ4v) is 2.59. The largest absolute Gasteiger partial charge is 0.375 e. The highest BCUT2D eigenvalue weighted by Crippen LogP contribution is 2.40. The molecule has 1 heterocycles. The van der Waals surface area contributed by atoms with Gasteiger partial charge < -0.3 is 4.74 Å². The first-order chi connectivity index (χ1) is 5.81. The third-order valence-electron chi connectivity index (χ3n) is 3.62. The topological polar surface area (TPSA) is 9.23 Å². The van der Waals surface area contributed by atoms with Crippen molar-refractivity contribution >= 4 is 0 Å². The summed E-state index contributed by atoms with van der Waals surface area (Å²) >= 11 is 0. The van der Waals surface area contributed by atoms with E-state index in [0.29, 0.717) is 5.60 Å². The Balaban J connectivity index is 1.92. The molecule has 1 aliphatic heterocycles. The van der Waals surface area contributed by atoms with E-state index in [1.54, 1.807) is 0 Å². The van der Waals surface area contributed by atoms with Gasteiger partial charge in [0.25, 0.3) is 0 Å². The summed E-state index contributed by atoms with van der Waals surface area (Å²) in [6.07, 6.45) is 9.45. The van der Waals surface area contributed by atoms with E-state index in [1.807, 2.05) is 0 Å². The minimum atomic E-state index is 0.338. The Kier molecular flexibility index (Phi) is 2.40. The van der Waals surface area contributed by atoms with Gasteiger partial charge in [0.05, 0.1) is 5.60 Å². The molecule has 1 spiro atoms. The fourth-order valence-electron chi connectivity index (χ4n) is 2.59. The second-order valence-electron chi connectivity index (χ2n) is 4.67. The molecule has 0 atom stereocenters. The summed E-state index contributed by atoms with van der Waals surface area (Å²) < 4.78 is 5.95. The molecule has 0 aromatic carbocycles. The Morgan fingerprint density at radius 3 is 2.42 bits per heavy atom. The zero-order valence-corrected chi connectivity index (χ0v) is 8.14. The molecule has 2 fully saturated rings. The summed E-state index contributed by atoms with van der Waals surface area (Å²) in [7, 11) is 0. The maximum absolute atomic E-state index is 5.95. The summed E-state index contributed by atoms with van der Waals surface area (Å²) in [6.45, 7) is 3.39. The Morgan fingerprint density at radius 1 is 1.08 bits per heavy atom. The predicted octanol–water partition coefficient (Wildman–Crippen LogP) is 3.14. The van der Waals surface area contributed by atoms with Crippen LogP contribution in [0.25, 0.3) is 0 Å². The summed E-state index contributed by atoms with van der Waals surface area (Å²) in [6, 6.07) is 0. The summed E-state index contributed by atoms with van der Waals surface area (Å²) in [5, 5.41) is 0. The van der Waals surface area contributed by atoms with E-state index in [2.05, 4.69) is 6.92 Å². The van der Waals surface area contributed by atoms with E-state index >= 15 is 0 Å². The van der Waals surface area contributed by atoms with Gasteiger partial charge in [-0.2, -0.15) is 0 Å². The molecule has 1 saturated heterocycles. The highest BCUT2D eigenvalue weighted by atomic mass is 16.5. The molecule has 2 aliphatic rings. The highest BCUT2D eigenvalue weighted by Gasteiger charge is 2.36. The van der Waals surface area contributed by atoms with Gasteiger partial charge in [-0.05, 0) is 50.9 Å². The average molecular weight is 168 g/mol. The van der Waals surface area contributed by atoms with Crippen LogP contribution in [0.2, 0.25) is 0 Å². The molecule has 1 heteroatoms. The molecule has 1 nitrogen and oxygen atoms in total. The second kappa shape index (κ2) is 3.37. The van der Waals surface area contributed by atoms with E-state index in [4.69, 9.17) is 4.74 Å². The second-order valence-corrected chi connectivity index (χ2v) is 4.67. The van der Waals surface area contributed by atoms with E-state index in [9.17, 15) is 0 Å². The number of hydrogen-bond donors (Lipinski definition) is 0. The van der Waals surface area contributed by atoms with Crippen LogP contribution in [0.3, 0.4) is 0 Å². The van der Waals surface area contributed by atoms with Crippen LogP contribution in [0.4, 0.5) is 0 Å². The van der Waals surface area contributed by atoms with Crippen LogP contribution in [0.5, 0.6) is 0 Å². The quantitative estimate of drug-likeness (QED) is 0.540. The van der Waals surface area contributed by atoms with Crippen molar-refractivity contribution in [3.8, 4) is 0 Å². The molecule has 0 amide bonds. The summed E-state index contributed by atoms with van der Waals surface area (Å²) in [5.41, 5.74) is 0.338. The Morgan fingerprint density at radius 2 is 1.83 bits per heavy atom. The van der Waals surface area contributed by atoms with Gasteiger partial charge in [0.1, 0.15) is 0 Å². The number of ether oxygens (including phenoxy) is 1. The molecule has 1 aliphatic carbocycles. The minimum Gasteiger partial charge on any atom is -0.375 e. The van der Waals surface area contributed by atoms with Crippen LogP contribution in [-0.2, 0) is 4.74 Å². The normalized spacial score (nSPS) is 43.2. The lowest BCUT2D eigenvalue weighted by Gasteiger charge is -2.42. The minimum absolute atomic E-state index is 0.338. The van der Waals surface area contributed by atoms with Gasteiger partial charge in [-0.3, -0.25) is 0 Å². The number of rotatable bonds is 0. The maximum atomic E-state index is 5.95. The monoisotopic (exact) mass is 168 g/mol. The van der Waals surface area contributed by atoms with Gasteiger partial charge in [0.15, 0.2) is 0 Å². The van der Waals surface area contributed by atoms with Crippen molar-refractivity contribution in [1.82, 2.24) is 0 Å². The first-order valence-electron chi connectivity index (χ1n) is 5.45. The molecule has 0 bridgehead atoms. The van der Waals surface area contributed by atoms with Crippen molar-refractivity contribution in [2.75, 3.05) is 6.61 Å². The lowest BCUT2D eigenvalue weighted by molar-refractivity contribution is -0.105. The maximum Gasteiger partial charge on any atom is 0.0682 e. The SMILES string of the molecule is CC1CCC2(CCCCO2)CC1. The summed E-state index contributed by atoms with van der Waals surface area (Å²) in [5.74, 6) is 0.946. The van der Waals surface area contributed by atoms with Crippen LogP contribution in [0.1, 0.15) is 51.9 Å².